The first kappa shape index (κ1) is 11.0. The Labute approximate surface area is 98.8 Å². The van der Waals surface area contributed by atoms with E-state index in [2.05, 4.69) is 10.2 Å². The van der Waals surface area contributed by atoms with Crippen LogP contribution in [0, 0.1) is 0 Å². The number of rotatable bonds is 3. The standard InChI is InChI=1S/C13H11N3O/c14-11-5-7-12(8-6-11)15-16-13-4-2-1-3-10(13)9-17/h1-9H,14H2. The summed E-state index contributed by atoms with van der Waals surface area (Å²) < 4.78 is 0. The maximum absolute atomic E-state index is 10.8. The molecule has 0 amide bonds. The number of carbonyl (C=O) groups is 1. The minimum atomic E-state index is 0.520. The van der Waals surface area contributed by atoms with Crippen molar-refractivity contribution < 1.29 is 4.79 Å². The van der Waals surface area contributed by atoms with Crippen molar-refractivity contribution in [3.63, 3.8) is 0 Å². The molecule has 0 saturated heterocycles. The highest BCUT2D eigenvalue weighted by Gasteiger charge is 1.97. The first-order chi connectivity index (χ1) is 8.29. The molecular weight excluding hydrogens is 214 g/mol. The van der Waals surface area contributed by atoms with Crippen LogP contribution in [0.25, 0.3) is 0 Å². The van der Waals surface area contributed by atoms with Crippen molar-refractivity contribution in [2.75, 3.05) is 5.73 Å². The van der Waals surface area contributed by atoms with Crippen molar-refractivity contribution >= 4 is 23.3 Å². The number of hydrogen-bond acceptors (Lipinski definition) is 4. The third-order valence-corrected chi connectivity index (χ3v) is 2.23. The van der Waals surface area contributed by atoms with Crippen molar-refractivity contribution in [3.8, 4) is 0 Å². The zero-order valence-electron chi connectivity index (χ0n) is 9.08. The third-order valence-electron chi connectivity index (χ3n) is 2.23. The largest absolute Gasteiger partial charge is 0.399 e. The molecule has 0 fully saturated rings. The maximum atomic E-state index is 10.8. The van der Waals surface area contributed by atoms with E-state index in [1.165, 1.54) is 0 Å². The van der Waals surface area contributed by atoms with Crippen LogP contribution in [0.1, 0.15) is 10.4 Å². The molecule has 0 spiro atoms. The molecule has 4 nitrogen and oxygen atoms in total. The van der Waals surface area contributed by atoms with E-state index in [9.17, 15) is 4.79 Å². The molecule has 17 heavy (non-hydrogen) atoms. The van der Waals surface area contributed by atoms with E-state index >= 15 is 0 Å². The van der Waals surface area contributed by atoms with Gasteiger partial charge in [-0.15, -0.1) is 5.11 Å². The summed E-state index contributed by atoms with van der Waals surface area (Å²) in [6.45, 7) is 0. The van der Waals surface area contributed by atoms with Crippen LogP contribution in [0.3, 0.4) is 0 Å². The molecule has 2 N–H and O–H groups in total. The van der Waals surface area contributed by atoms with Crippen LogP contribution in [-0.2, 0) is 0 Å². The van der Waals surface area contributed by atoms with Crippen molar-refractivity contribution in [2.45, 2.75) is 0 Å². The second kappa shape index (κ2) is 5.03. The maximum Gasteiger partial charge on any atom is 0.152 e. The molecule has 0 heterocycles. The molecule has 84 valence electrons. The van der Waals surface area contributed by atoms with Crippen molar-refractivity contribution in [1.82, 2.24) is 0 Å². The van der Waals surface area contributed by atoms with Gasteiger partial charge in [0.2, 0.25) is 0 Å². The van der Waals surface area contributed by atoms with Crippen LogP contribution >= 0.6 is 0 Å². The Morgan fingerprint density at radius 1 is 0.941 bits per heavy atom. The molecule has 0 aromatic heterocycles. The first-order valence-corrected chi connectivity index (χ1v) is 5.11. The Balaban J connectivity index is 2.25. The fourth-order valence-corrected chi connectivity index (χ4v) is 1.33. The molecule has 2 rings (SSSR count). The van der Waals surface area contributed by atoms with Gasteiger partial charge in [0.1, 0.15) is 0 Å². The smallest absolute Gasteiger partial charge is 0.152 e. The van der Waals surface area contributed by atoms with Gasteiger partial charge in [0.15, 0.2) is 6.29 Å². The minimum absolute atomic E-state index is 0.520. The predicted octanol–water partition coefficient (Wildman–Crippen LogP) is 3.50. The topological polar surface area (TPSA) is 67.8 Å². The number of nitrogens with zero attached hydrogens (tertiary/aromatic N) is 2. The van der Waals surface area contributed by atoms with Crippen LogP contribution < -0.4 is 5.73 Å². The Morgan fingerprint density at radius 3 is 2.35 bits per heavy atom. The monoisotopic (exact) mass is 225 g/mol. The summed E-state index contributed by atoms with van der Waals surface area (Å²) in [6, 6.07) is 14.1. The highest BCUT2D eigenvalue weighted by molar-refractivity contribution is 5.82. The fraction of sp³-hybridized carbons (Fsp3) is 0. The van der Waals surface area contributed by atoms with E-state index < -0.39 is 0 Å². The highest BCUT2D eigenvalue weighted by atomic mass is 16.1. The van der Waals surface area contributed by atoms with Crippen molar-refractivity contribution in [3.05, 3.63) is 54.1 Å². The molecule has 0 saturated carbocycles. The van der Waals surface area contributed by atoms with E-state index in [-0.39, 0.29) is 0 Å². The molecule has 0 unspecified atom stereocenters. The van der Waals surface area contributed by atoms with Gasteiger partial charge in [-0.25, -0.2) is 0 Å². The van der Waals surface area contributed by atoms with Gasteiger partial charge in [0, 0.05) is 11.3 Å². The molecule has 0 radical (unpaired) electrons. The lowest BCUT2D eigenvalue weighted by Gasteiger charge is -1.96. The summed E-state index contributed by atoms with van der Waals surface area (Å²) >= 11 is 0. The Bertz CT molecular complexity index is 547. The fourth-order valence-electron chi connectivity index (χ4n) is 1.33. The number of azo groups is 1. The molecule has 0 aliphatic carbocycles. The van der Waals surface area contributed by atoms with Gasteiger partial charge in [-0.1, -0.05) is 12.1 Å². The molecule has 0 aliphatic rings. The quantitative estimate of drug-likeness (QED) is 0.493. The van der Waals surface area contributed by atoms with E-state index in [1.807, 2.05) is 6.07 Å². The number of carbonyl (C=O) groups excluding carboxylic acids is 1. The zero-order chi connectivity index (χ0) is 12.1. The van der Waals surface area contributed by atoms with E-state index in [0.717, 1.165) is 6.29 Å². The highest BCUT2D eigenvalue weighted by Crippen LogP contribution is 2.21. The second-order valence-corrected chi connectivity index (χ2v) is 3.47. The normalized spacial score (nSPS) is 10.6. The van der Waals surface area contributed by atoms with E-state index in [1.54, 1.807) is 42.5 Å². The number of hydrogen-bond donors (Lipinski definition) is 1. The molecule has 4 heteroatoms. The lowest BCUT2D eigenvalue weighted by atomic mass is 10.2. The summed E-state index contributed by atoms with van der Waals surface area (Å²) in [6.07, 6.45) is 0.761. The number of benzene rings is 2. The minimum Gasteiger partial charge on any atom is -0.399 e. The number of aldehydes is 1. The summed E-state index contributed by atoms with van der Waals surface area (Å²) in [5.74, 6) is 0. The molecule has 2 aromatic rings. The van der Waals surface area contributed by atoms with Gasteiger partial charge < -0.3 is 5.73 Å². The first-order valence-electron chi connectivity index (χ1n) is 5.11. The van der Waals surface area contributed by atoms with Crippen LogP contribution in [0.5, 0.6) is 0 Å². The van der Waals surface area contributed by atoms with Gasteiger partial charge in [-0.2, -0.15) is 5.11 Å². The molecule has 0 aliphatic heterocycles. The lowest BCUT2D eigenvalue weighted by molar-refractivity contribution is 0.112. The average Bonchev–Trinajstić information content (AvgIpc) is 2.38. The van der Waals surface area contributed by atoms with Gasteiger partial charge in [-0.3, -0.25) is 4.79 Å². The SMILES string of the molecule is Nc1ccc(N=Nc2ccccc2C=O)cc1. The predicted molar refractivity (Wildman–Crippen MR) is 66.9 cm³/mol. The van der Waals surface area contributed by atoms with E-state index in [4.69, 9.17) is 5.73 Å². The van der Waals surface area contributed by atoms with Crippen molar-refractivity contribution in [1.29, 1.82) is 0 Å². The second-order valence-electron chi connectivity index (χ2n) is 3.47. The summed E-state index contributed by atoms with van der Waals surface area (Å²) in [7, 11) is 0. The van der Waals surface area contributed by atoms with Crippen LogP contribution in [0.4, 0.5) is 17.1 Å². The number of anilines is 1. The zero-order valence-corrected chi connectivity index (χ0v) is 9.08. The number of nitrogens with two attached hydrogens (primary N) is 1. The lowest BCUT2D eigenvalue weighted by Crippen LogP contribution is -1.81. The van der Waals surface area contributed by atoms with Crippen molar-refractivity contribution in [2.24, 2.45) is 10.2 Å². The van der Waals surface area contributed by atoms with Gasteiger partial charge in [-0.05, 0) is 36.4 Å². The molecular formula is C13H11N3O. The van der Waals surface area contributed by atoms with Crippen LogP contribution in [0.15, 0.2) is 58.8 Å². The van der Waals surface area contributed by atoms with Gasteiger partial charge >= 0.3 is 0 Å². The summed E-state index contributed by atoms with van der Waals surface area (Å²) in [4.78, 5) is 10.8. The Hall–Kier alpha value is -2.49. The molecule has 0 bridgehead atoms. The van der Waals surface area contributed by atoms with E-state index in [0.29, 0.717) is 22.6 Å². The van der Waals surface area contributed by atoms with Crippen LogP contribution in [0.2, 0.25) is 0 Å². The molecule has 0 atom stereocenters. The summed E-state index contributed by atoms with van der Waals surface area (Å²) in [5.41, 5.74) is 8.01. The summed E-state index contributed by atoms with van der Waals surface area (Å²) in [5, 5.41) is 8.07. The molecule has 2 aromatic carbocycles. The van der Waals surface area contributed by atoms with Gasteiger partial charge in [0.25, 0.3) is 0 Å². The van der Waals surface area contributed by atoms with Gasteiger partial charge in [0.05, 0.1) is 11.4 Å². The number of nitrogen functional groups attached to an aromatic ring is 1. The third kappa shape index (κ3) is 2.75. The average molecular weight is 225 g/mol. The van der Waals surface area contributed by atoms with Crippen LogP contribution in [-0.4, -0.2) is 6.29 Å². The Morgan fingerprint density at radius 2 is 1.65 bits per heavy atom. The Kier molecular flexibility index (Phi) is 3.25.